The second-order valence-electron chi connectivity index (χ2n) is 4.15. The van der Waals surface area contributed by atoms with Crippen LogP contribution in [0, 0.1) is 0 Å². The molecule has 0 atom stereocenters. The first-order chi connectivity index (χ1) is 7.77. The third kappa shape index (κ3) is 1.83. The summed E-state index contributed by atoms with van der Waals surface area (Å²) in [5.41, 5.74) is 3.17. The molecule has 0 unspecified atom stereocenters. The molecule has 1 N–H and O–H groups in total. The van der Waals surface area contributed by atoms with Gasteiger partial charge in [-0.15, -0.1) is 0 Å². The minimum Gasteiger partial charge on any atom is -0.392 e. The average Bonchev–Trinajstić information content (AvgIpc) is 2.64. The maximum atomic E-state index is 9.30. The molecule has 0 radical (unpaired) electrons. The summed E-state index contributed by atoms with van der Waals surface area (Å²) in [6.07, 6.45) is 3.36. The van der Waals surface area contributed by atoms with E-state index < -0.39 is 0 Å². The van der Waals surface area contributed by atoms with Crippen LogP contribution in [0.25, 0.3) is 10.9 Å². The predicted octanol–water partition coefficient (Wildman–Crippen LogP) is 2.41. The number of rotatable bonds is 4. The van der Waals surface area contributed by atoms with Crippen LogP contribution >= 0.6 is 0 Å². The Kier molecular flexibility index (Phi) is 3.25. The number of aliphatic hydroxyl groups excluding tert-OH is 1. The Morgan fingerprint density at radius 1 is 1.38 bits per heavy atom. The van der Waals surface area contributed by atoms with Crippen LogP contribution < -0.4 is 0 Å². The van der Waals surface area contributed by atoms with Gasteiger partial charge in [0, 0.05) is 18.0 Å². The molecule has 0 aliphatic carbocycles. The van der Waals surface area contributed by atoms with E-state index in [1.807, 2.05) is 23.9 Å². The fourth-order valence-corrected chi connectivity index (χ4v) is 2.15. The second-order valence-corrected chi connectivity index (χ2v) is 4.15. The zero-order valence-corrected chi connectivity index (χ0v) is 9.90. The molecule has 0 saturated heterocycles. The Hall–Kier alpha value is -1.35. The molecule has 1 aromatic carbocycles. The van der Waals surface area contributed by atoms with E-state index in [1.165, 1.54) is 11.8 Å². The lowest BCUT2D eigenvalue weighted by Gasteiger charge is -2.00. The molecular formula is C13H18N2O. The number of aliphatic hydroxyl groups is 1. The number of hydrogen-bond donors (Lipinski definition) is 1. The minimum atomic E-state index is 0.0735. The van der Waals surface area contributed by atoms with Crippen LogP contribution in [0.15, 0.2) is 18.2 Å². The highest BCUT2D eigenvalue weighted by atomic mass is 16.3. The van der Waals surface area contributed by atoms with Crippen molar-refractivity contribution in [3.8, 4) is 0 Å². The molecule has 2 aromatic rings. The average molecular weight is 218 g/mol. The van der Waals surface area contributed by atoms with Gasteiger partial charge in [-0.1, -0.05) is 31.5 Å². The standard InChI is InChI=1S/C13H18N2O/c1-3-4-8-12-11-7-5-6-10(9-16)13(11)15(2)14-12/h5-7,16H,3-4,8-9H2,1-2H3. The smallest absolute Gasteiger partial charge is 0.0737 e. The molecule has 0 saturated carbocycles. The van der Waals surface area contributed by atoms with E-state index in [4.69, 9.17) is 0 Å². The van der Waals surface area contributed by atoms with E-state index in [0.717, 1.165) is 29.6 Å². The zero-order valence-electron chi connectivity index (χ0n) is 9.90. The molecule has 0 bridgehead atoms. The number of aromatic nitrogens is 2. The Labute approximate surface area is 95.7 Å². The third-order valence-electron chi connectivity index (χ3n) is 2.96. The number of para-hydroxylation sites is 1. The van der Waals surface area contributed by atoms with Gasteiger partial charge >= 0.3 is 0 Å². The highest BCUT2D eigenvalue weighted by Gasteiger charge is 2.10. The first-order valence-electron chi connectivity index (χ1n) is 5.82. The number of aryl methyl sites for hydroxylation is 2. The van der Waals surface area contributed by atoms with Crippen LogP contribution in [0.5, 0.6) is 0 Å². The van der Waals surface area contributed by atoms with Crippen LogP contribution in [0.2, 0.25) is 0 Å². The van der Waals surface area contributed by atoms with Crippen LogP contribution in [-0.2, 0) is 20.1 Å². The summed E-state index contributed by atoms with van der Waals surface area (Å²) in [6.45, 7) is 2.26. The Bertz CT molecular complexity index is 488. The quantitative estimate of drug-likeness (QED) is 0.855. The van der Waals surface area contributed by atoms with Gasteiger partial charge in [-0.25, -0.2) is 0 Å². The minimum absolute atomic E-state index is 0.0735. The summed E-state index contributed by atoms with van der Waals surface area (Å²) in [5.74, 6) is 0. The molecule has 0 fully saturated rings. The maximum absolute atomic E-state index is 9.30. The molecule has 1 heterocycles. The molecule has 1 aromatic heterocycles. The van der Waals surface area contributed by atoms with Crippen molar-refractivity contribution < 1.29 is 5.11 Å². The molecule has 86 valence electrons. The van der Waals surface area contributed by atoms with Gasteiger partial charge in [-0.3, -0.25) is 4.68 Å². The van der Waals surface area contributed by atoms with Crippen molar-refractivity contribution in [3.63, 3.8) is 0 Å². The van der Waals surface area contributed by atoms with Crippen molar-refractivity contribution in [1.29, 1.82) is 0 Å². The van der Waals surface area contributed by atoms with Crippen LogP contribution in [0.1, 0.15) is 31.0 Å². The van der Waals surface area contributed by atoms with Gasteiger partial charge in [0.15, 0.2) is 0 Å². The number of hydrogen-bond acceptors (Lipinski definition) is 2. The molecule has 3 heteroatoms. The van der Waals surface area contributed by atoms with Crippen LogP contribution in [0.3, 0.4) is 0 Å². The Morgan fingerprint density at radius 2 is 2.19 bits per heavy atom. The van der Waals surface area contributed by atoms with E-state index in [9.17, 15) is 5.11 Å². The van der Waals surface area contributed by atoms with E-state index in [0.29, 0.717) is 0 Å². The Balaban J connectivity index is 2.53. The van der Waals surface area contributed by atoms with Gasteiger partial charge < -0.3 is 5.11 Å². The number of unbranched alkanes of at least 4 members (excludes halogenated alkanes) is 1. The normalized spacial score (nSPS) is 11.2. The predicted molar refractivity (Wildman–Crippen MR) is 65.2 cm³/mol. The summed E-state index contributed by atoms with van der Waals surface area (Å²) in [7, 11) is 1.94. The molecule has 2 rings (SSSR count). The fraction of sp³-hybridized carbons (Fsp3) is 0.462. The largest absolute Gasteiger partial charge is 0.392 e. The molecule has 3 nitrogen and oxygen atoms in total. The van der Waals surface area contributed by atoms with Crippen LogP contribution in [-0.4, -0.2) is 14.9 Å². The SMILES string of the molecule is CCCCc1nn(C)c2c(CO)cccc12. The maximum Gasteiger partial charge on any atom is 0.0737 e. The van der Waals surface area contributed by atoms with Crippen molar-refractivity contribution in [2.24, 2.45) is 7.05 Å². The van der Waals surface area contributed by atoms with E-state index >= 15 is 0 Å². The van der Waals surface area contributed by atoms with Gasteiger partial charge in [-0.2, -0.15) is 5.10 Å². The van der Waals surface area contributed by atoms with Gasteiger partial charge in [0.1, 0.15) is 0 Å². The van der Waals surface area contributed by atoms with E-state index in [2.05, 4.69) is 18.1 Å². The van der Waals surface area contributed by atoms with Gasteiger partial charge in [0.2, 0.25) is 0 Å². The second kappa shape index (κ2) is 4.66. The topological polar surface area (TPSA) is 38.0 Å². The lowest BCUT2D eigenvalue weighted by molar-refractivity contribution is 0.283. The van der Waals surface area contributed by atoms with E-state index in [1.54, 1.807) is 0 Å². The highest BCUT2D eigenvalue weighted by molar-refractivity contribution is 5.84. The number of fused-ring (bicyclic) bond motifs is 1. The van der Waals surface area contributed by atoms with Gasteiger partial charge in [0.05, 0.1) is 17.8 Å². The van der Waals surface area contributed by atoms with Crippen molar-refractivity contribution in [2.75, 3.05) is 0 Å². The van der Waals surface area contributed by atoms with Crippen molar-refractivity contribution >= 4 is 10.9 Å². The molecule has 0 amide bonds. The summed E-state index contributed by atoms with van der Waals surface area (Å²) >= 11 is 0. The molecule has 0 aliphatic heterocycles. The van der Waals surface area contributed by atoms with Crippen molar-refractivity contribution in [1.82, 2.24) is 9.78 Å². The van der Waals surface area contributed by atoms with Crippen LogP contribution in [0.4, 0.5) is 0 Å². The highest BCUT2D eigenvalue weighted by Crippen LogP contribution is 2.23. The van der Waals surface area contributed by atoms with E-state index in [-0.39, 0.29) is 6.61 Å². The van der Waals surface area contributed by atoms with Crippen molar-refractivity contribution in [2.45, 2.75) is 32.8 Å². The Morgan fingerprint density at radius 3 is 2.88 bits per heavy atom. The molecule has 0 aliphatic rings. The van der Waals surface area contributed by atoms with Crippen molar-refractivity contribution in [3.05, 3.63) is 29.5 Å². The summed E-state index contributed by atoms with van der Waals surface area (Å²) in [5, 5.41) is 15.0. The van der Waals surface area contributed by atoms with Gasteiger partial charge in [-0.05, 0) is 12.8 Å². The zero-order chi connectivity index (χ0) is 11.5. The molecule has 16 heavy (non-hydrogen) atoms. The monoisotopic (exact) mass is 218 g/mol. The summed E-state index contributed by atoms with van der Waals surface area (Å²) in [4.78, 5) is 0. The fourth-order valence-electron chi connectivity index (χ4n) is 2.15. The number of nitrogens with zero attached hydrogens (tertiary/aromatic N) is 2. The molecular weight excluding hydrogens is 200 g/mol. The lowest BCUT2D eigenvalue weighted by Crippen LogP contribution is -1.94. The summed E-state index contributed by atoms with van der Waals surface area (Å²) in [6, 6.07) is 6.03. The lowest BCUT2D eigenvalue weighted by atomic mass is 10.1. The summed E-state index contributed by atoms with van der Waals surface area (Å²) < 4.78 is 1.88. The molecule has 0 spiro atoms. The number of benzene rings is 1. The van der Waals surface area contributed by atoms with Gasteiger partial charge in [0.25, 0.3) is 0 Å². The first-order valence-corrected chi connectivity index (χ1v) is 5.82. The first kappa shape index (κ1) is 11.1. The third-order valence-corrected chi connectivity index (χ3v) is 2.96.